The van der Waals surface area contributed by atoms with Crippen LogP contribution >= 0.6 is 12.2 Å². The Morgan fingerprint density at radius 1 is 1.29 bits per heavy atom. The third-order valence-corrected chi connectivity index (χ3v) is 2.40. The average Bonchev–Trinajstić information content (AvgIpc) is 2.47. The fraction of sp³-hybridized carbons (Fsp3) is 0.0909. The van der Waals surface area contributed by atoms with E-state index < -0.39 is 0 Å². The van der Waals surface area contributed by atoms with Crippen LogP contribution in [0.3, 0.4) is 0 Å². The third-order valence-electron chi connectivity index (χ3n) is 2.04. The van der Waals surface area contributed by atoms with Gasteiger partial charge in [0, 0.05) is 0 Å². The largest absolute Gasteiger partial charge is 0.317 e. The van der Waals surface area contributed by atoms with Crippen molar-refractivity contribution >= 4 is 29.2 Å². The number of amides is 1. The molecule has 1 aliphatic heterocycles. The van der Waals surface area contributed by atoms with Crippen LogP contribution in [0, 0.1) is 0 Å². The Morgan fingerprint density at radius 2 is 2.00 bits per heavy atom. The minimum Gasteiger partial charge on any atom is -0.317 e. The number of hydrogen-bond donors (Lipinski definition) is 1. The Hall–Kier alpha value is -1.48. The van der Waals surface area contributed by atoms with Crippen LogP contribution in [0.5, 0.6) is 0 Å². The van der Waals surface area contributed by atoms with E-state index >= 15 is 0 Å². The maximum Gasteiger partial charge on any atom is 0.229 e. The Balaban J connectivity index is 2.28. The van der Waals surface area contributed by atoms with Crippen molar-refractivity contribution < 1.29 is 4.79 Å². The second-order valence-corrected chi connectivity index (χ2v) is 3.54. The normalized spacial score (nSPS) is 18.7. The van der Waals surface area contributed by atoms with Crippen molar-refractivity contribution in [2.75, 3.05) is 0 Å². The van der Waals surface area contributed by atoms with E-state index in [1.165, 1.54) is 0 Å². The number of carbonyl (C=O) groups is 1. The molecular weight excluding hydrogens is 194 g/mol. The monoisotopic (exact) mass is 203 g/mol. The van der Waals surface area contributed by atoms with E-state index in [2.05, 4.69) is 5.32 Å². The number of benzene rings is 1. The maximum absolute atomic E-state index is 11.0. The van der Waals surface area contributed by atoms with Gasteiger partial charge in [-0.1, -0.05) is 42.5 Å². The summed E-state index contributed by atoms with van der Waals surface area (Å²) in [5.74, 6) is -0.0165. The fourth-order valence-corrected chi connectivity index (χ4v) is 1.62. The van der Waals surface area contributed by atoms with Crippen LogP contribution in [-0.2, 0) is 4.79 Å². The molecule has 1 heterocycles. The van der Waals surface area contributed by atoms with Crippen LogP contribution in [0.2, 0.25) is 0 Å². The van der Waals surface area contributed by atoms with Crippen LogP contribution in [0.25, 0.3) is 6.08 Å². The molecule has 0 aromatic heterocycles. The van der Waals surface area contributed by atoms with Gasteiger partial charge in [-0.3, -0.25) is 4.79 Å². The molecule has 0 aliphatic carbocycles. The van der Waals surface area contributed by atoms with Gasteiger partial charge >= 0.3 is 0 Å². The highest BCUT2D eigenvalue weighted by atomic mass is 32.1. The molecule has 0 saturated carbocycles. The molecule has 1 N–H and O–H groups in total. The molecular formula is C11H9NOS. The van der Waals surface area contributed by atoms with Gasteiger partial charge < -0.3 is 5.32 Å². The van der Waals surface area contributed by atoms with Crippen molar-refractivity contribution in [3.63, 3.8) is 0 Å². The summed E-state index contributed by atoms with van der Waals surface area (Å²) in [5, 5.41) is 2.61. The van der Waals surface area contributed by atoms with Gasteiger partial charge in [-0.15, -0.1) is 0 Å². The number of carbonyl (C=O) groups excluding carboxylic acids is 1. The summed E-state index contributed by atoms with van der Waals surface area (Å²) in [4.78, 5) is 11.6. The molecule has 0 atom stereocenters. The summed E-state index contributed by atoms with van der Waals surface area (Å²) in [6, 6.07) is 9.84. The standard InChI is InChI=1S/C11H9NOS/c13-10-7-9(11(14)12-10)6-8-4-2-1-3-5-8/h1-6H,7H2,(H,12,13,14)/b9-6-. The minimum absolute atomic E-state index is 0.0165. The van der Waals surface area contributed by atoms with E-state index in [0.29, 0.717) is 11.4 Å². The van der Waals surface area contributed by atoms with E-state index in [9.17, 15) is 4.79 Å². The molecule has 70 valence electrons. The second kappa shape index (κ2) is 3.72. The van der Waals surface area contributed by atoms with E-state index in [-0.39, 0.29) is 5.91 Å². The van der Waals surface area contributed by atoms with Crippen LogP contribution in [0.4, 0.5) is 0 Å². The predicted octanol–water partition coefficient (Wildman–Crippen LogP) is 1.92. The number of rotatable bonds is 1. The molecule has 0 radical (unpaired) electrons. The summed E-state index contributed by atoms with van der Waals surface area (Å²) in [6.45, 7) is 0. The zero-order valence-corrected chi connectivity index (χ0v) is 8.30. The van der Waals surface area contributed by atoms with Gasteiger partial charge in [-0.2, -0.15) is 0 Å². The lowest BCUT2D eigenvalue weighted by molar-refractivity contribution is -0.118. The van der Waals surface area contributed by atoms with Gasteiger partial charge in [0.25, 0.3) is 0 Å². The molecule has 0 bridgehead atoms. The van der Waals surface area contributed by atoms with Crippen LogP contribution < -0.4 is 5.32 Å². The first kappa shape index (κ1) is 9.09. The van der Waals surface area contributed by atoms with Gasteiger partial charge in [0.15, 0.2) is 0 Å². The lowest BCUT2D eigenvalue weighted by Crippen LogP contribution is -2.17. The molecule has 1 saturated heterocycles. The van der Waals surface area contributed by atoms with Crippen LogP contribution in [0.1, 0.15) is 12.0 Å². The van der Waals surface area contributed by atoms with Gasteiger partial charge in [0.2, 0.25) is 5.91 Å². The predicted molar refractivity (Wildman–Crippen MR) is 59.8 cm³/mol. The summed E-state index contributed by atoms with van der Waals surface area (Å²) >= 11 is 5.02. The summed E-state index contributed by atoms with van der Waals surface area (Å²) in [7, 11) is 0. The van der Waals surface area contributed by atoms with Crippen molar-refractivity contribution in [2.45, 2.75) is 6.42 Å². The van der Waals surface area contributed by atoms with Crippen molar-refractivity contribution in [1.29, 1.82) is 0 Å². The van der Waals surface area contributed by atoms with E-state index in [4.69, 9.17) is 12.2 Å². The molecule has 0 unspecified atom stereocenters. The first-order valence-corrected chi connectivity index (χ1v) is 4.76. The first-order chi connectivity index (χ1) is 6.75. The van der Waals surface area contributed by atoms with E-state index in [0.717, 1.165) is 11.1 Å². The Bertz CT molecular complexity index is 409. The smallest absolute Gasteiger partial charge is 0.229 e. The van der Waals surface area contributed by atoms with E-state index in [1.54, 1.807) is 0 Å². The van der Waals surface area contributed by atoms with Gasteiger partial charge in [-0.05, 0) is 17.2 Å². The van der Waals surface area contributed by atoms with Crippen molar-refractivity contribution in [2.24, 2.45) is 0 Å². The number of thiocarbonyl (C=S) groups is 1. The van der Waals surface area contributed by atoms with Crippen molar-refractivity contribution in [3.8, 4) is 0 Å². The van der Waals surface area contributed by atoms with Crippen LogP contribution in [-0.4, -0.2) is 10.9 Å². The molecule has 1 aromatic rings. The summed E-state index contributed by atoms with van der Waals surface area (Å²) < 4.78 is 0. The summed E-state index contributed by atoms with van der Waals surface area (Å²) in [5.41, 5.74) is 1.97. The molecule has 0 spiro atoms. The molecule has 2 rings (SSSR count). The lowest BCUT2D eigenvalue weighted by atomic mass is 10.1. The topological polar surface area (TPSA) is 29.1 Å². The SMILES string of the molecule is O=C1C/C(=C/c2ccccc2)C(=S)N1. The average molecular weight is 203 g/mol. The van der Waals surface area contributed by atoms with Gasteiger partial charge in [0.1, 0.15) is 4.99 Å². The number of hydrogen-bond acceptors (Lipinski definition) is 2. The van der Waals surface area contributed by atoms with Crippen molar-refractivity contribution in [3.05, 3.63) is 41.5 Å². The molecule has 14 heavy (non-hydrogen) atoms. The number of nitrogens with one attached hydrogen (secondary N) is 1. The minimum atomic E-state index is -0.0165. The van der Waals surface area contributed by atoms with Crippen LogP contribution in [0.15, 0.2) is 35.9 Å². The summed E-state index contributed by atoms with van der Waals surface area (Å²) in [6.07, 6.45) is 2.34. The maximum atomic E-state index is 11.0. The highest BCUT2D eigenvalue weighted by Gasteiger charge is 2.19. The molecule has 1 aliphatic rings. The highest BCUT2D eigenvalue weighted by molar-refractivity contribution is 7.80. The Kier molecular flexibility index (Phi) is 2.41. The third kappa shape index (κ3) is 1.88. The van der Waals surface area contributed by atoms with E-state index in [1.807, 2.05) is 36.4 Å². The van der Waals surface area contributed by atoms with Crippen molar-refractivity contribution in [1.82, 2.24) is 5.32 Å². The highest BCUT2D eigenvalue weighted by Crippen LogP contribution is 2.15. The second-order valence-electron chi connectivity index (χ2n) is 3.13. The Morgan fingerprint density at radius 3 is 2.57 bits per heavy atom. The zero-order chi connectivity index (χ0) is 9.97. The lowest BCUT2D eigenvalue weighted by Gasteiger charge is -1.95. The Labute approximate surface area is 87.6 Å². The van der Waals surface area contributed by atoms with Gasteiger partial charge in [0.05, 0.1) is 6.42 Å². The first-order valence-electron chi connectivity index (χ1n) is 4.35. The zero-order valence-electron chi connectivity index (χ0n) is 7.49. The molecule has 3 heteroatoms. The fourth-order valence-electron chi connectivity index (χ4n) is 1.37. The van der Waals surface area contributed by atoms with Gasteiger partial charge in [-0.25, -0.2) is 0 Å². The quantitative estimate of drug-likeness (QED) is 0.558. The molecule has 1 fully saturated rings. The molecule has 2 nitrogen and oxygen atoms in total. The molecule has 1 amide bonds. The molecule has 1 aromatic carbocycles.